The molecule has 31 heavy (non-hydrogen) atoms. The summed E-state index contributed by atoms with van der Waals surface area (Å²) in [7, 11) is -4.04. The average molecular weight is 481 g/mol. The van der Waals surface area contributed by atoms with Gasteiger partial charge in [-0.1, -0.05) is 34.4 Å². The first kappa shape index (κ1) is 22.9. The van der Waals surface area contributed by atoms with E-state index < -0.39 is 16.0 Å². The van der Waals surface area contributed by atoms with Crippen molar-refractivity contribution in [2.24, 2.45) is 0 Å². The van der Waals surface area contributed by atoms with Gasteiger partial charge in [0.15, 0.2) is 0 Å². The van der Waals surface area contributed by atoms with E-state index >= 15 is 0 Å². The quantitative estimate of drug-likeness (QED) is 0.331. The minimum Gasteiger partial charge on any atom is -0.455 e. The highest BCUT2D eigenvalue weighted by atomic mass is 35.5. The van der Waals surface area contributed by atoms with Crippen molar-refractivity contribution < 1.29 is 22.5 Å². The van der Waals surface area contributed by atoms with Gasteiger partial charge in [-0.2, -0.15) is 0 Å². The number of carbonyl (C=O) groups excluding carboxylic acids is 1. The van der Waals surface area contributed by atoms with Gasteiger partial charge in [0.2, 0.25) is 0 Å². The number of nitrogens with zero attached hydrogens (tertiary/aromatic N) is 2. The Morgan fingerprint density at radius 1 is 1.19 bits per heavy atom. The second-order valence-electron chi connectivity index (χ2n) is 6.45. The van der Waals surface area contributed by atoms with Crippen molar-refractivity contribution >= 4 is 44.9 Å². The predicted molar refractivity (Wildman–Crippen MR) is 118 cm³/mol. The zero-order valence-electron chi connectivity index (χ0n) is 16.4. The normalized spacial score (nSPS) is 11.2. The van der Waals surface area contributed by atoms with Gasteiger partial charge < -0.3 is 9.26 Å². The lowest BCUT2D eigenvalue weighted by atomic mass is 10.2. The Morgan fingerprint density at radius 3 is 2.52 bits per heavy atom. The zero-order valence-corrected chi connectivity index (χ0v) is 18.7. The molecule has 0 fully saturated rings. The fourth-order valence-corrected chi connectivity index (χ4v) is 4.50. The van der Waals surface area contributed by atoms with E-state index in [9.17, 15) is 13.2 Å². The van der Waals surface area contributed by atoms with E-state index in [-0.39, 0.29) is 28.6 Å². The van der Waals surface area contributed by atoms with E-state index in [0.717, 1.165) is 4.31 Å². The third-order valence-electron chi connectivity index (χ3n) is 4.18. The number of rotatable bonds is 8. The summed E-state index contributed by atoms with van der Waals surface area (Å²) < 4.78 is 37.9. The van der Waals surface area contributed by atoms with E-state index in [0.29, 0.717) is 22.2 Å². The van der Waals surface area contributed by atoms with Crippen LogP contribution in [0.5, 0.6) is 0 Å². The molecule has 0 aliphatic heterocycles. The van der Waals surface area contributed by atoms with Gasteiger partial charge in [0.25, 0.3) is 10.0 Å². The molecule has 0 atom stereocenters. The lowest BCUT2D eigenvalue weighted by Crippen LogP contribution is -2.31. The van der Waals surface area contributed by atoms with Crippen molar-refractivity contribution in [1.82, 2.24) is 5.16 Å². The molecule has 1 aromatic heterocycles. The van der Waals surface area contributed by atoms with Crippen LogP contribution in [0.3, 0.4) is 0 Å². The molecule has 0 amide bonds. The highest BCUT2D eigenvalue weighted by molar-refractivity contribution is 7.92. The Bertz CT molecular complexity index is 1210. The van der Waals surface area contributed by atoms with Crippen LogP contribution < -0.4 is 4.31 Å². The van der Waals surface area contributed by atoms with Gasteiger partial charge in [-0.15, -0.1) is 6.58 Å². The molecule has 0 aliphatic rings. The van der Waals surface area contributed by atoms with E-state index in [4.69, 9.17) is 32.5 Å². The SMILES string of the molecule is C=CCN(c1ccc(Cl)cc1)S(=O)(=O)c1ccc(Cl)c(C(=O)OCc2cc(C)on2)c1. The molecule has 0 radical (unpaired) electrons. The van der Waals surface area contributed by atoms with Crippen molar-refractivity contribution in [1.29, 1.82) is 0 Å². The highest BCUT2D eigenvalue weighted by Gasteiger charge is 2.26. The van der Waals surface area contributed by atoms with Crippen molar-refractivity contribution in [2.45, 2.75) is 18.4 Å². The van der Waals surface area contributed by atoms with Crippen LogP contribution in [0.15, 0.2) is 70.6 Å². The van der Waals surface area contributed by atoms with Crippen LogP contribution in [0, 0.1) is 6.92 Å². The summed E-state index contributed by atoms with van der Waals surface area (Å²) in [5, 5.41) is 4.27. The molecule has 0 saturated heterocycles. The number of aryl methyl sites for hydroxylation is 1. The summed E-state index contributed by atoms with van der Waals surface area (Å²) in [5.74, 6) is -0.217. The molecule has 0 spiro atoms. The van der Waals surface area contributed by atoms with Gasteiger partial charge in [0, 0.05) is 11.1 Å². The fraction of sp³-hybridized carbons (Fsp3) is 0.143. The Balaban J connectivity index is 1.91. The molecule has 0 unspecified atom stereocenters. The van der Waals surface area contributed by atoms with Crippen LogP contribution in [0.1, 0.15) is 21.8 Å². The third kappa shape index (κ3) is 5.28. The van der Waals surface area contributed by atoms with Gasteiger partial charge in [0.1, 0.15) is 18.1 Å². The van der Waals surface area contributed by atoms with Crippen LogP contribution in [0.4, 0.5) is 5.69 Å². The zero-order chi connectivity index (χ0) is 22.6. The van der Waals surface area contributed by atoms with E-state index in [1.165, 1.54) is 24.3 Å². The minimum absolute atomic E-state index is 0.0118. The number of halogens is 2. The van der Waals surface area contributed by atoms with Gasteiger partial charge >= 0.3 is 5.97 Å². The van der Waals surface area contributed by atoms with Crippen molar-refractivity contribution in [2.75, 3.05) is 10.8 Å². The number of sulfonamides is 1. The Kier molecular flexibility index (Phi) is 7.04. The van der Waals surface area contributed by atoms with E-state index in [2.05, 4.69) is 11.7 Å². The molecule has 1 heterocycles. The molecule has 0 aliphatic carbocycles. The summed E-state index contributed by atoms with van der Waals surface area (Å²) in [6.45, 7) is 5.20. The molecule has 0 saturated carbocycles. The van der Waals surface area contributed by atoms with Crippen LogP contribution in [-0.4, -0.2) is 26.1 Å². The van der Waals surface area contributed by atoms with Crippen molar-refractivity contribution in [3.8, 4) is 0 Å². The fourth-order valence-electron chi connectivity index (χ4n) is 2.72. The summed E-state index contributed by atoms with van der Waals surface area (Å²) in [4.78, 5) is 12.4. The first-order valence-electron chi connectivity index (χ1n) is 9.00. The third-order valence-corrected chi connectivity index (χ3v) is 6.55. The number of hydrogen-bond donors (Lipinski definition) is 0. The van der Waals surface area contributed by atoms with Crippen LogP contribution >= 0.6 is 23.2 Å². The topological polar surface area (TPSA) is 89.7 Å². The second-order valence-corrected chi connectivity index (χ2v) is 9.15. The summed E-state index contributed by atoms with van der Waals surface area (Å²) in [6, 6.07) is 11.8. The first-order valence-corrected chi connectivity index (χ1v) is 11.2. The molecule has 162 valence electrons. The number of esters is 1. The maximum atomic E-state index is 13.3. The summed E-state index contributed by atoms with van der Waals surface area (Å²) in [5.41, 5.74) is 0.730. The van der Waals surface area contributed by atoms with E-state index in [1.54, 1.807) is 37.3 Å². The smallest absolute Gasteiger partial charge is 0.340 e. The molecule has 2 aromatic carbocycles. The number of anilines is 1. The lowest BCUT2D eigenvalue weighted by Gasteiger charge is -2.23. The van der Waals surface area contributed by atoms with Crippen LogP contribution in [0.25, 0.3) is 0 Å². The van der Waals surface area contributed by atoms with Crippen LogP contribution in [0.2, 0.25) is 10.0 Å². The van der Waals surface area contributed by atoms with E-state index in [1.807, 2.05) is 0 Å². The summed E-state index contributed by atoms with van der Waals surface area (Å²) >= 11 is 12.0. The lowest BCUT2D eigenvalue weighted by molar-refractivity contribution is 0.0464. The molecule has 0 bridgehead atoms. The molecule has 3 rings (SSSR count). The van der Waals surface area contributed by atoms with Gasteiger partial charge in [-0.05, 0) is 49.4 Å². The Hall–Kier alpha value is -2.81. The van der Waals surface area contributed by atoms with Gasteiger partial charge in [-0.25, -0.2) is 13.2 Å². The predicted octanol–water partition coefficient (Wildman–Crippen LogP) is 5.03. The number of hydrogen-bond acceptors (Lipinski definition) is 6. The highest BCUT2D eigenvalue weighted by Crippen LogP contribution is 2.28. The van der Waals surface area contributed by atoms with Gasteiger partial charge in [0.05, 0.1) is 27.7 Å². The average Bonchev–Trinajstić information content (AvgIpc) is 3.16. The standard InChI is InChI=1S/C21H18Cl2N2O5S/c1-3-10-25(17-6-4-15(22)5-7-17)31(27,28)18-8-9-20(23)19(12-18)21(26)29-13-16-11-14(2)30-24-16/h3-9,11-12H,1,10,13H2,2H3. The molecular formula is C21H18Cl2N2O5S. The first-order chi connectivity index (χ1) is 14.7. The monoisotopic (exact) mass is 480 g/mol. The van der Waals surface area contributed by atoms with Crippen molar-refractivity contribution in [3.63, 3.8) is 0 Å². The maximum Gasteiger partial charge on any atom is 0.340 e. The van der Waals surface area contributed by atoms with Crippen molar-refractivity contribution in [3.05, 3.63) is 88.2 Å². The number of carbonyl (C=O) groups is 1. The Labute approximate surface area is 189 Å². The molecule has 3 aromatic rings. The number of aromatic nitrogens is 1. The number of benzene rings is 2. The minimum atomic E-state index is -4.04. The van der Waals surface area contributed by atoms with Gasteiger partial charge in [-0.3, -0.25) is 4.31 Å². The maximum absolute atomic E-state index is 13.3. The molecule has 0 N–H and O–H groups in total. The second kappa shape index (κ2) is 9.55. The van der Waals surface area contributed by atoms with Crippen LogP contribution in [-0.2, 0) is 21.4 Å². The number of ether oxygens (including phenoxy) is 1. The Morgan fingerprint density at radius 2 is 1.90 bits per heavy atom. The molecule has 10 heteroatoms. The molecule has 7 nitrogen and oxygen atoms in total. The molecular weight excluding hydrogens is 463 g/mol. The summed E-state index contributed by atoms with van der Waals surface area (Å²) in [6.07, 6.45) is 1.46. The largest absolute Gasteiger partial charge is 0.455 e.